The molecule has 0 fully saturated rings. The summed E-state index contributed by atoms with van der Waals surface area (Å²) < 4.78 is 0. The van der Waals surface area contributed by atoms with Gasteiger partial charge in [-0.3, -0.25) is 0 Å². The van der Waals surface area contributed by atoms with Crippen molar-refractivity contribution in [1.29, 1.82) is 0 Å². The van der Waals surface area contributed by atoms with Crippen LogP contribution in [0.15, 0.2) is 28.4 Å². The van der Waals surface area contributed by atoms with E-state index in [0.29, 0.717) is 0 Å². The van der Waals surface area contributed by atoms with Crippen molar-refractivity contribution in [2.24, 2.45) is 4.99 Å². The van der Waals surface area contributed by atoms with Crippen LogP contribution >= 0.6 is 0 Å². The molecule has 68 valence electrons. The van der Waals surface area contributed by atoms with Crippen LogP contribution in [-0.2, 0) is 9.59 Å². The molecule has 1 aliphatic heterocycles. The molecule has 5 heteroatoms. The van der Waals surface area contributed by atoms with Gasteiger partial charge in [-0.15, -0.1) is 0 Å². The lowest BCUT2D eigenvalue weighted by Crippen LogP contribution is -2.00. The van der Waals surface area contributed by atoms with Crippen molar-refractivity contribution in [2.45, 2.75) is 6.42 Å². The minimum Gasteiger partial charge on any atom is -0.478 e. The fourth-order valence-corrected chi connectivity index (χ4v) is 0.836. The summed E-state index contributed by atoms with van der Waals surface area (Å²) in [5, 5.41) is 17.1. The smallest absolute Gasteiger partial charge is 0.354 e. The highest BCUT2D eigenvalue weighted by Crippen LogP contribution is 2.09. The van der Waals surface area contributed by atoms with Gasteiger partial charge < -0.3 is 10.2 Å². The largest absolute Gasteiger partial charge is 0.478 e. The zero-order valence-electron chi connectivity index (χ0n) is 6.60. The maximum Gasteiger partial charge on any atom is 0.354 e. The first-order chi connectivity index (χ1) is 6.11. The molecule has 0 radical (unpaired) electrons. The van der Waals surface area contributed by atoms with Crippen molar-refractivity contribution >= 4 is 18.2 Å². The molecule has 2 N–H and O–H groups in total. The molecule has 1 heterocycles. The Morgan fingerprint density at radius 1 is 1.31 bits per heavy atom. The fourth-order valence-electron chi connectivity index (χ4n) is 0.836. The molecule has 0 aromatic rings. The number of carboxylic acid groups (broad SMARTS) is 2. The lowest BCUT2D eigenvalue weighted by Gasteiger charge is -1.93. The molecular weight excluding hydrogens is 174 g/mol. The Hall–Kier alpha value is -1.91. The standard InChI is InChI=1S/C8H7NO4/c10-7(11)5-1-2-6(8(12)13)9-4-3-5/h2-4H,1H2,(H,10,11)(H,12,13). The van der Waals surface area contributed by atoms with Gasteiger partial charge in [-0.05, 0) is 12.2 Å². The molecule has 13 heavy (non-hydrogen) atoms. The van der Waals surface area contributed by atoms with Crippen LogP contribution in [0.1, 0.15) is 6.42 Å². The number of carboxylic acids is 2. The zero-order valence-corrected chi connectivity index (χ0v) is 6.60. The summed E-state index contributed by atoms with van der Waals surface area (Å²) in [6.07, 6.45) is 3.81. The van der Waals surface area contributed by atoms with Gasteiger partial charge in [0, 0.05) is 18.2 Å². The van der Waals surface area contributed by atoms with Gasteiger partial charge in [-0.25, -0.2) is 14.6 Å². The number of rotatable bonds is 2. The van der Waals surface area contributed by atoms with Crippen molar-refractivity contribution in [2.75, 3.05) is 0 Å². The molecule has 0 aliphatic carbocycles. The predicted octanol–water partition coefficient (Wildman–Crippen LogP) is 0.440. The lowest BCUT2D eigenvalue weighted by molar-refractivity contribution is -0.133. The van der Waals surface area contributed by atoms with Crippen LogP contribution < -0.4 is 0 Å². The van der Waals surface area contributed by atoms with Gasteiger partial charge in [0.05, 0.1) is 0 Å². The molecule has 0 aromatic carbocycles. The van der Waals surface area contributed by atoms with Crippen molar-refractivity contribution in [3.63, 3.8) is 0 Å². The Kier molecular flexibility index (Phi) is 2.59. The summed E-state index contributed by atoms with van der Waals surface area (Å²) in [7, 11) is 0. The van der Waals surface area contributed by atoms with E-state index in [2.05, 4.69) is 4.99 Å². The Balaban J connectivity index is 2.86. The second-order valence-corrected chi connectivity index (χ2v) is 2.37. The van der Waals surface area contributed by atoms with E-state index < -0.39 is 11.9 Å². The van der Waals surface area contributed by atoms with Crippen LogP contribution in [0.3, 0.4) is 0 Å². The summed E-state index contributed by atoms with van der Waals surface area (Å²) in [6.45, 7) is 0. The van der Waals surface area contributed by atoms with Gasteiger partial charge in [-0.2, -0.15) is 0 Å². The fraction of sp³-hybridized carbons (Fsp3) is 0.125. The third-order valence-electron chi connectivity index (χ3n) is 1.50. The van der Waals surface area contributed by atoms with Crippen LogP contribution in [0.2, 0.25) is 0 Å². The Morgan fingerprint density at radius 2 is 2.00 bits per heavy atom. The molecule has 0 atom stereocenters. The van der Waals surface area contributed by atoms with E-state index in [4.69, 9.17) is 10.2 Å². The van der Waals surface area contributed by atoms with Gasteiger partial charge in [0.1, 0.15) is 5.70 Å². The highest BCUT2D eigenvalue weighted by Gasteiger charge is 2.10. The molecule has 0 amide bonds. The molecule has 1 aliphatic rings. The van der Waals surface area contributed by atoms with Crippen molar-refractivity contribution in [3.05, 3.63) is 23.4 Å². The van der Waals surface area contributed by atoms with Gasteiger partial charge in [0.2, 0.25) is 0 Å². The molecular formula is C8H7NO4. The first-order valence-electron chi connectivity index (χ1n) is 3.51. The minimum atomic E-state index is -1.16. The second-order valence-electron chi connectivity index (χ2n) is 2.37. The summed E-state index contributed by atoms with van der Waals surface area (Å²) in [5.41, 5.74) is -0.00694. The highest BCUT2D eigenvalue weighted by atomic mass is 16.4. The molecule has 5 nitrogen and oxygen atoms in total. The molecule has 0 saturated heterocycles. The van der Waals surface area contributed by atoms with E-state index in [-0.39, 0.29) is 17.7 Å². The quantitative estimate of drug-likeness (QED) is 0.647. The first kappa shape index (κ1) is 9.18. The Bertz CT molecular complexity index is 338. The summed E-state index contributed by atoms with van der Waals surface area (Å²) in [6, 6.07) is 0. The number of aliphatic imine (C=N–C) groups is 1. The normalized spacial score (nSPS) is 15.7. The number of nitrogens with zero attached hydrogens (tertiary/aromatic N) is 1. The van der Waals surface area contributed by atoms with E-state index in [1.54, 1.807) is 0 Å². The lowest BCUT2D eigenvalue weighted by atomic mass is 10.2. The third kappa shape index (κ3) is 2.26. The van der Waals surface area contributed by atoms with E-state index >= 15 is 0 Å². The molecule has 0 saturated carbocycles. The van der Waals surface area contributed by atoms with Crippen molar-refractivity contribution < 1.29 is 19.8 Å². The molecule has 1 rings (SSSR count). The van der Waals surface area contributed by atoms with Crippen molar-refractivity contribution in [1.82, 2.24) is 0 Å². The minimum absolute atomic E-state index is 0.0803. The van der Waals surface area contributed by atoms with Crippen LogP contribution in [-0.4, -0.2) is 28.4 Å². The van der Waals surface area contributed by atoms with Gasteiger partial charge in [-0.1, -0.05) is 0 Å². The third-order valence-corrected chi connectivity index (χ3v) is 1.50. The highest BCUT2D eigenvalue weighted by molar-refractivity contribution is 5.96. The van der Waals surface area contributed by atoms with E-state index in [1.807, 2.05) is 0 Å². The second kappa shape index (κ2) is 3.66. The van der Waals surface area contributed by atoms with Gasteiger partial charge in [0.15, 0.2) is 0 Å². The molecule has 0 unspecified atom stereocenters. The average Bonchev–Trinajstić information content (AvgIpc) is 2.27. The maximum atomic E-state index is 10.5. The average molecular weight is 181 g/mol. The Morgan fingerprint density at radius 3 is 2.54 bits per heavy atom. The van der Waals surface area contributed by atoms with Crippen LogP contribution in [0.5, 0.6) is 0 Å². The summed E-state index contributed by atoms with van der Waals surface area (Å²) in [5.74, 6) is -2.22. The van der Waals surface area contributed by atoms with Gasteiger partial charge >= 0.3 is 11.9 Å². The summed E-state index contributed by atoms with van der Waals surface area (Å²) in [4.78, 5) is 24.5. The predicted molar refractivity (Wildman–Crippen MR) is 44.5 cm³/mol. The maximum absolute atomic E-state index is 10.5. The Labute approximate surface area is 73.7 Å². The van der Waals surface area contributed by atoms with Crippen LogP contribution in [0.4, 0.5) is 0 Å². The van der Waals surface area contributed by atoms with E-state index in [9.17, 15) is 9.59 Å². The number of hydrogen-bond donors (Lipinski definition) is 2. The number of carbonyl (C=O) groups is 2. The first-order valence-corrected chi connectivity index (χ1v) is 3.51. The monoisotopic (exact) mass is 181 g/mol. The van der Waals surface area contributed by atoms with Gasteiger partial charge in [0.25, 0.3) is 0 Å². The zero-order chi connectivity index (χ0) is 9.84. The molecule has 0 aromatic heterocycles. The van der Waals surface area contributed by atoms with Crippen LogP contribution in [0, 0.1) is 0 Å². The SMILES string of the molecule is O=C(O)C1=CC=NC(C(=O)O)=CC1. The van der Waals surface area contributed by atoms with E-state index in [0.717, 1.165) is 0 Å². The number of hydrogen-bond acceptors (Lipinski definition) is 3. The topological polar surface area (TPSA) is 87.0 Å². The van der Waals surface area contributed by atoms with Crippen LogP contribution in [0.25, 0.3) is 0 Å². The van der Waals surface area contributed by atoms with Crippen molar-refractivity contribution in [3.8, 4) is 0 Å². The summed E-state index contributed by atoms with van der Waals surface area (Å²) >= 11 is 0. The number of allylic oxidation sites excluding steroid dienone is 2. The molecule has 0 spiro atoms. The number of aliphatic carboxylic acids is 2. The van der Waals surface area contributed by atoms with E-state index in [1.165, 1.54) is 18.4 Å². The molecule has 0 bridgehead atoms.